The van der Waals surface area contributed by atoms with E-state index in [9.17, 15) is 0 Å². The lowest BCUT2D eigenvalue weighted by Crippen LogP contribution is -2.46. The molecule has 0 aromatic carbocycles. The van der Waals surface area contributed by atoms with Crippen LogP contribution >= 0.6 is 0 Å². The van der Waals surface area contributed by atoms with Crippen molar-refractivity contribution in [3.63, 3.8) is 0 Å². The van der Waals surface area contributed by atoms with Crippen LogP contribution in [0.1, 0.15) is 25.7 Å². The fourth-order valence-electron chi connectivity index (χ4n) is 2.61. The number of nitrogens with two attached hydrogens (primary N) is 1. The van der Waals surface area contributed by atoms with Gasteiger partial charge in [-0.15, -0.1) is 0 Å². The Balaban J connectivity index is 1.85. The summed E-state index contributed by atoms with van der Waals surface area (Å²) in [6.07, 6.45) is 5.33. The molecule has 0 amide bonds. The summed E-state index contributed by atoms with van der Waals surface area (Å²) in [6.45, 7) is 3.31. The molecule has 0 bridgehead atoms. The van der Waals surface area contributed by atoms with Crippen molar-refractivity contribution in [3.8, 4) is 0 Å². The Morgan fingerprint density at radius 1 is 1.50 bits per heavy atom. The Hall–Kier alpha value is -0.120. The molecule has 1 aliphatic carbocycles. The van der Waals surface area contributed by atoms with Crippen LogP contribution < -0.4 is 5.73 Å². The molecular weight excluding hydrogens is 174 g/mol. The molecule has 2 rings (SSSR count). The minimum absolute atomic E-state index is 0.378. The van der Waals surface area contributed by atoms with E-state index in [2.05, 4.69) is 23.9 Å². The lowest BCUT2D eigenvalue weighted by atomic mass is 10.1. The third-order valence-electron chi connectivity index (χ3n) is 4.17. The molecule has 1 saturated heterocycles. The molecule has 3 heteroatoms. The van der Waals surface area contributed by atoms with Crippen LogP contribution in [0.15, 0.2) is 0 Å². The van der Waals surface area contributed by atoms with Gasteiger partial charge in [0.15, 0.2) is 0 Å². The summed E-state index contributed by atoms with van der Waals surface area (Å²) in [5.74, 6) is 0. The van der Waals surface area contributed by atoms with E-state index in [1.165, 1.54) is 38.8 Å². The smallest absolute Gasteiger partial charge is 0.0330 e. The molecule has 3 nitrogen and oxygen atoms in total. The van der Waals surface area contributed by atoms with Gasteiger partial charge in [-0.05, 0) is 46.3 Å². The van der Waals surface area contributed by atoms with E-state index in [1.807, 2.05) is 0 Å². The first-order valence-corrected chi connectivity index (χ1v) is 5.79. The van der Waals surface area contributed by atoms with Gasteiger partial charge in [-0.25, -0.2) is 0 Å². The zero-order valence-electron chi connectivity index (χ0n) is 9.50. The molecular formula is C11H23N3. The van der Waals surface area contributed by atoms with Crippen LogP contribution in [0.3, 0.4) is 0 Å². The second-order valence-corrected chi connectivity index (χ2v) is 5.09. The standard InChI is InChI=1S/C11H23N3/c1-13-7-3-4-10(13)8-14(2)11(9-12)5-6-11/h10H,3-9,12H2,1-2H3. The van der Waals surface area contributed by atoms with Crippen molar-refractivity contribution in [2.24, 2.45) is 5.73 Å². The van der Waals surface area contributed by atoms with Crippen molar-refractivity contribution in [2.45, 2.75) is 37.3 Å². The van der Waals surface area contributed by atoms with Gasteiger partial charge >= 0.3 is 0 Å². The van der Waals surface area contributed by atoms with Gasteiger partial charge in [0.1, 0.15) is 0 Å². The van der Waals surface area contributed by atoms with Crippen LogP contribution in [0, 0.1) is 0 Å². The number of nitrogens with zero attached hydrogens (tertiary/aromatic N) is 2. The summed E-state index contributed by atoms with van der Waals surface area (Å²) in [6, 6.07) is 0.768. The SMILES string of the molecule is CN1CCCC1CN(C)C1(CN)CC1. The highest BCUT2D eigenvalue weighted by Crippen LogP contribution is 2.40. The van der Waals surface area contributed by atoms with Crippen LogP contribution in [0.25, 0.3) is 0 Å². The Labute approximate surface area is 87.2 Å². The van der Waals surface area contributed by atoms with Crippen LogP contribution in [0.4, 0.5) is 0 Å². The van der Waals surface area contributed by atoms with Gasteiger partial charge in [0.2, 0.25) is 0 Å². The molecule has 1 unspecified atom stereocenters. The van der Waals surface area contributed by atoms with Crippen molar-refractivity contribution >= 4 is 0 Å². The minimum Gasteiger partial charge on any atom is -0.329 e. The maximum Gasteiger partial charge on any atom is 0.0330 e. The molecule has 2 aliphatic rings. The van der Waals surface area contributed by atoms with E-state index < -0.39 is 0 Å². The van der Waals surface area contributed by atoms with Crippen molar-refractivity contribution in [1.82, 2.24) is 9.80 Å². The summed E-state index contributed by atoms with van der Waals surface area (Å²) in [4.78, 5) is 4.99. The topological polar surface area (TPSA) is 32.5 Å². The fourth-order valence-corrected chi connectivity index (χ4v) is 2.61. The van der Waals surface area contributed by atoms with E-state index in [4.69, 9.17) is 5.73 Å². The first-order chi connectivity index (χ1) is 6.68. The normalized spacial score (nSPS) is 31.3. The van der Waals surface area contributed by atoms with Crippen molar-refractivity contribution in [2.75, 3.05) is 33.7 Å². The molecule has 2 N–H and O–H groups in total. The number of hydrogen-bond donors (Lipinski definition) is 1. The largest absolute Gasteiger partial charge is 0.329 e. The highest BCUT2D eigenvalue weighted by Gasteiger charge is 2.45. The van der Waals surface area contributed by atoms with Crippen LogP contribution in [-0.4, -0.2) is 55.1 Å². The molecule has 2 fully saturated rings. The quantitative estimate of drug-likeness (QED) is 0.712. The van der Waals surface area contributed by atoms with Gasteiger partial charge < -0.3 is 10.6 Å². The van der Waals surface area contributed by atoms with Gasteiger partial charge in [0.05, 0.1) is 0 Å². The lowest BCUT2D eigenvalue weighted by molar-refractivity contribution is 0.166. The summed E-state index contributed by atoms with van der Waals surface area (Å²) in [7, 11) is 4.49. The Morgan fingerprint density at radius 2 is 2.21 bits per heavy atom. The number of likely N-dealkylation sites (tertiary alicyclic amines) is 1. The average molecular weight is 197 g/mol. The molecule has 82 valence electrons. The third kappa shape index (κ3) is 1.81. The van der Waals surface area contributed by atoms with E-state index in [1.54, 1.807) is 0 Å². The van der Waals surface area contributed by atoms with Gasteiger partial charge in [-0.3, -0.25) is 4.90 Å². The van der Waals surface area contributed by atoms with Crippen LogP contribution in [-0.2, 0) is 0 Å². The van der Waals surface area contributed by atoms with Crippen LogP contribution in [0.5, 0.6) is 0 Å². The predicted molar refractivity (Wildman–Crippen MR) is 59.3 cm³/mol. The van der Waals surface area contributed by atoms with E-state index in [0.717, 1.165) is 12.6 Å². The van der Waals surface area contributed by atoms with Gasteiger partial charge in [0.25, 0.3) is 0 Å². The first-order valence-electron chi connectivity index (χ1n) is 5.79. The number of hydrogen-bond acceptors (Lipinski definition) is 3. The van der Waals surface area contributed by atoms with Gasteiger partial charge in [0, 0.05) is 24.7 Å². The van der Waals surface area contributed by atoms with Crippen molar-refractivity contribution in [1.29, 1.82) is 0 Å². The maximum absolute atomic E-state index is 5.82. The van der Waals surface area contributed by atoms with Gasteiger partial charge in [-0.2, -0.15) is 0 Å². The molecule has 1 heterocycles. The van der Waals surface area contributed by atoms with E-state index >= 15 is 0 Å². The number of rotatable bonds is 4. The van der Waals surface area contributed by atoms with E-state index in [0.29, 0.717) is 5.54 Å². The van der Waals surface area contributed by atoms with E-state index in [-0.39, 0.29) is 0 Å². The summed E-state index contributed by atoms with van der Waals surface area (Å²) < 4.78 is 0. The molecule has 0 radical (unpaired) electrons. The summed E-state index contributed by atoms with van der Waals surface area (Å²) in [5.41, 5.74) is 6.20. The molecule has 0 aromatic heterocycles. The highest BCUT2D eigenvalue weighted by molar-refractivity contribution is 5.04. The third-order valence-corrected chi connectivity index (χ3v) is 4.17. The van der Waals surface area contributed by atoms with Gasteiger partial charge in [-0.1, -0.05) is 0 Å². The monoisotopic (exact) mass is 197 g/mol. The molecule has 0 spiro atoms. The zero-order chi connectivity index (χ0) is 10.2. The predicted octanol–water partition coefficient (Wildman–Crippen LogP) is 0.504. The fraction of sp³-hybridized carbons (Fsp3) is 1.00. The second-order valence-electron chi connectivity index (χ2n) is 5.09. The lowest BCUT2D eigenvalue weighted by Gasteiger charge is -2.31. The molecule has 14 heavy (non-hydrogen) atoms. The Morgan fingerprint density at radius 3 is 2.64 bits per heavy atom. The Kier molecular flexibility index (Phi) is 2.82. The summed E-state index contributed by atoms with van der Waals surface area (Å²) >= 11 is 0. The molecule has 1 aliphatic heterocycles. The molecule has 1 atom stereocenters. The average Bonchev–Trinajstić information content (AvgIpc) is 2.89. The number of likely N-dealkylation sites (N-methyl/N-ethyl adjacent to an activating group) is 2. The van der Waals surface area contributed by atoms with Crippen molar-refractivity contribution in [3.05, 3.63) is 0 Å². The Bertz CT molecular complexity index is 201. The van der Waals surface area contributed by atoms with Crippen LogP contribution in [0.2, 0.25) is 0 Å². The second kappa shape index (κ2) is 3.80. The van der Waals surface area contributed by atoms with Crippen molar-refractivity contribution < 1.29 is 0 Å². The minimum atomic E-state index is 0.378. The molecule has 1 saturated carbocycles. The first kappa shape index (κ1) is 10.4. The summed E-state index contributed by atoms with van der Waals surface area (Å²) in [5, 5.41) is 0. The molecule has 0 aromatic rings. The maximum atomic E-state index is 5.82. The highest BCUT2D eigenvalue weighted by atomic mass is 15.3. The zero-order valence-corrected chi connectivity index (χ0v) is 9.50.